The second kappa shape index (κ2) is 5.96. The Morgan fingerprint density at radius 2 is 1.91 bits per heavy atom. The molecular weight excluding hydrogens is 309 g/mol. The molecule has 22 heavy (non-hydrogen) atoms. The van der Waals surface area contributed by atoms with Gasteiger partial charge in [0.15, 0.2) is 9.84 Å². The Labute approximate surface area is 129 Å². The van der Waals surface area contributed by atoms with Gasteiger partial charge < -0.3 is 10.5 Å². The largest absolute Gasteiger partial charge is 0.465 e. The van der Waals surface area contributed by atoms with Gasteiger partial charge in [0.05, 0.1) is 11.9 Å². The van der Waals surface area contributed by atoms with Crippen LogP contribution in [0.4, 0.5) is 4.39 Å². The summed E-state index contributed by atoms with van der Waals surface area (Å²) in [5.74, 6) is -1.71. The summed E-state index contributed by atoms with van der Waals surface area (Å²) in [7, 11) is -3.49. The quantitative estimate of drug-likeness (QED) is 0.793. The number of nitrogens with two attached hydrogens (primary N) is 1. The maximum atomic E-state index is 13.1. The number of halogens is 1. The third-order valence-corrected chi connectivity index (χ3v) is 6.54. The molecule has 1 aliphatic carbocycles. The van der Waals surface area contributed by atoms with Gasteiger partial charge in [-0.1, -0.05) is 19.1 Å². The van der Waals surface area contributed by atoms with Gasteiger partial charge in [0.1, 0.15) is 11.2 Å². The van der Waals surface area contributed by atoms with E-state index in [1.54, 1.807) is 6.92 Å². The number of hydrogen-bond acceptors (Lipinski definition) is 5. The molecule has 1 aliphatic rings. The van der Waals surface area contributed by atoms with E-state index in [0.29, 0.717) is 5.56 Å². The van der Waals surface area contributed by atoms with Gasteiger partial charge in [0, 0.05) is 18.2 Å². The maximum absolute atomic E-state index is 13.1. The molecule has 0 heterocycles. The van der Waals surface area contributed by atoms with Crippen LogP contribution >= 0.6 is 0 Å². The lowest BCUT2D eigenvalue weighted by atomic mass is 9.99. The number of hydrogen-bond donors (Lipinski definition) is 1. The highest BCUT2D eigenvalue weighted by Gasteiger charge is 2.74. The van der Waals surface area contributed by atoms with E-state index in [2.05, 4.69) is 0 Å². The van der Waals surface area contributed by atoms with Crippen LogP contribution in [-0.2, 0) is 19.4 Å². The predicted molar refractivity (Wildman–Crippen MR) is 80.5 cm³/mol. The molecule has 2 rings (SSSR count). The van der Waals surface area contributed by atoms with Crippen LogP contribution in [0.3, 0.4) is 0 Å². The van der Waals surface area contributed by atoms with E-state index in [0.717, 1.165) is 0 Å². The van der Waals surface area contributed by atoms with Crippen molar-refractivity contribution >= 4 is 15.8 Å². The number of carbonyl (C=O) groups excluding carboxylic acids is 1. The van der Waals surface area contributed by atoms with Gasteiger partial charge in [-0.25, -0.2) is 12.8 Å². The smallest absolute Gasteiger partial charge is 0.315 e. The van der Waals surface area contributed by atoms with Crippen molar-refractivity contribution < 1.29 is 22.3 Å². The zero-order valence-corrected chi connectivity index (χ0v) is 13.4. The fourth-order valence-electron chi connectivity index (χ4n) is 3.09. The van der Waals surface area contributed by atoms with E-state index < -0.39 is 38.2 Å². The lowest BCUT2D eigenvalue weighted by molar-refractivity contribution is -0.149. The minimum atomic E-state index is -3.49. The maximum Gasteiger partial charge on any atom is 0.315 e. The Kier molecular flexibility index (Phi) is 4.58. The van der Waals surface area contributed by atoms with Crippen molar-refractivity contribution in [2.75, 3.05) is 18.9 Å². The molecule has 0 aliphatic heterocycles. The topological polar surface area (TPSA) is 86.5 Å². The van der Waals surface area contributed by atoms with E-state index in [9.17, 15) is 17.6 Å². The van der Waals surface area contributed by atoms with Gasteiger partial charge >= 0.3 is 5.97 Å². The minimum absolute atomic E-state index is 0.0868. The first kappa shape index (κ1) is 16.9. The summed E-state index contributed by atoms with van der Waals surface area (Å²) in [5.41, 5.74) is 5.07. The van der Waals surface area contributed by atoms with Crippen molar-refractivity contribution in [3.05, 3.63) is 35.6 Å². The summed E-state index contributed by atoms with van der Waals surface area (Å²) in [6.45, 7) is 3.20. The molecular formula is C15H20FNO4S. The SMILES string of the molecule is CCOC(=O)[C@@]1(CN)[C@H](S(=O)(=O)CC)[C@@H]1c1ccc(F)cc1. The molecule has 0 amide bonds. The van der Waals surface area contributed by atoms with E-state index in [-0.39, 0.29) is 18.9 Å². The monoisotopic (exact) mass is 329 g/mol. The highest BCUT2D eigenvalue weighted by Crippen LogP contribution is 2.63. The molecule has 0 unspecified atom stereocenters. The first-order valence-electron chi connectivity index (χ1n) is 7.19. The molecule has 5 nitrogen and oxygen atoms in total. The van der Waals surface area contributed by atoms with Gasteiger partial charge in [-0.3, -0.25) is 4.79 Å². The summed E-state index contributed by atoms with van der Waals surface area (Å²) >= 11 is 0. The second-order valence-corrected chi connectivity index (χ2v) is 7.78. The number of sulfone groups is 1. The summed E-state index contributed by atoms with van der Waals surface area (Å²) in [4.78, 5) is 12.3. The first-order valence-corrected chi connectivity index (χ1v) is 8.91. The summed E-state index contributed by atoms with van der Waals surface area (Å²) < 4.78 is 42.9. The molecule has 1 fully saturated rings. The molecule has 1 aromatic rings. The normalized spacial score (nSPS) is 27.5. The zero-order chi connectivity index (χ0) is 16.5. The Balaban J connectivity index is 2.49. The van der Waals surface area contributed by atoms with Gasteiger partial charge in [0.2, 0.25) is 0 Å². The van der Waals surface area contributed by atoms with Gasteiger partial charge in [-0.2, -0.15) is 0 Å². The molecule has 0 aromatic heterocycles. The fraction of sp³-hybridized carbons (Fsp3) is 0.533. The van der Waals surface area contributed by atoms with Crippen molar-refractivity contribution in [2.24, 2.45) is 11.1 Å². The van der Waals surface area contributed by atoms with Crippen LogP contribution in [-0.4, -0.2) is 38.5 Å². The Bertz CT molecular complexity index is 659. The van der Waals surface area contributed by atoms with Crippen LogP contribution in [0.15, 0.2) is 24.3 Å². The lowest BCUT2D eigenvalue weighted by Crippen LogP contribution is -2.34. The molecule has 1 aromatic carbocycles. The van der Waals surface area contributed by atoms with Gasteiger partial charge in [-0.05, 0) is 24.6 Å². The fourth-order valence-corrected chi connectivity index (χ4v) is 5.16. The Morgan fingerprint density at radius 3 is 2.36 bits per heavy atom. The number of benzene rings is 1. The van der Waals surface area contributed by atoms with Crippen LogP contribution < -0.4 is 5.73 Å². The molecule has 0 saturated heterocycles. The first-order chi connectivity index (χ1) is 10.3. The number of esters is 1. The summed E-state index contributed by atoms with van der Waals surface area (Å²) in [5, 5.41) is -0.917. The van der Waals surface area contributed by atoms with Crippen molar-refractivity contribution in [3.8, 4) is 0 Å². The zero-order valence-electron chi connectivity index (χ0n) is 12.6. The second-order valence-electron chi connectivity index (χ2n) is 5.37. The van der Waals surface area contributed by atoms with Gasteiger partial charge in [-0.15, -0.1) is 0 Å². The standard InChI is InChI=1S/C15H20FNO4S/c1-3-21-14(18)15(9-17)12(13(15)22(19,20)4-2)10-5-7-11(16)8-6-10/h5-8,12-13H,3-4,9,17H2,1-2H3/t12-,13+,15+/m0/s1. The average Bonchev–Trinajstić information content (AvgIpc) is 3.20. The highest BCUT2D eigenvalue weighted by atomic mass is 32.2. The molecule has 7 heteroatoms. The van der Waals surface area contributed by atoms with Crippen molar-refractivity contribution in [3.63, 3.8) is 0 Å². The van der Waals surface area contributed by atoms with Crippen LogP contribution in [0.1, 0.15) is 25.3 Å². The number of rotatable bonds is 6. The number of carbonyl (C=O) groups is 1. The van der Waals surface area contributed by atoms with Crippen LogP contribution in [0.25, 0.3) is 0 Å². The lowest BCUT2D eigenvalue weighted by Gasteiger charge is -2.14. The van der Waals surface area contributed by atoms with E-state index in [1.165, 1.54) is 31.2 Å². The van der Waals surface area contributed by atoms with Crippen LogP contribution in [0.5, 0.6) is 0 Å². The summed E-state index contributed by atoms with van der Waals surface area (Å²) in [6.07, 6.45) is 0. The number of ether oxygens (including phenoxy) is 1. The van der Waals surface area contributed by atoms with Crippen molar-refractivity contribution in [1.29, 1.82) is 0 Å². The van der Waals surface area contributed by atoms with Crippen molar-refractivity contribution in [1.82, 2.24) is 0 Å². The highest BCUT2D eigenvalue weighted by molar-refractivity contribution is 7.92. The van der Waals surface area contributed by atoms with Crippen molar-refractivity contribution in [2.45, 2.75) is 25.0 Å². The molecule has 0 bridgehead atoms. The summed E-state index contributed by atoms with van der Waals surface area (Å²) in [6, 6.07) is 5.48. The minimum Gasteiger partial charge on any atom is -0.465 e. The molecule has 2 N–H and O–H groups in total. The third-order valence-electron chi connectivity index (χ3n) is 4.27. The Morgan fingerprint density at radius 1 is 1.32 bits per heavy atom. The van der Waals surface area contributed by atoms with E-state index in [1.807, 2.05) is 0 Å². The van der Waals surface area contributed by atoms with Crippen LogP contribution in [0.2, 0.25) is 0 Å². The molecule has 122 valence electrons. The predicted octanol–water partition coefficient (Wildman–Crippen LogP) is 1.23. The molecule has 3 atom stereocenters. The third kappa shape index (κ3) is 2.52. The van der Waals surface area contributed by atoms with Crippen LogP contribution in [0, 0.1) is 11.2 Å². The molecule has 0 radical (unpaired) electrons. The van der Waals surface area contributed by atoms with Gasteiger partial charge in [0.25, 0.3) is 0 Å². The average molecular weight is 329 g/mol. The van der Waals surface area contributed by atoms with E-state index in [4.69, 9.17) is 10.5 Å². The Hall–Kier alpha value is -1.47. The molecule has 0 spiro atoms. The van der Waals surface area contributed by atoms with E-state index >= 15 is 0 Å². The molecule has 1 saturated carbocycles.